The molecule has 5 rings (SSSR count). The van der Waals surface area contributed by atoms with Crippen molar-refractivity contribution in [1.82, 2.24) is 19.5 Å². The van der Waals surface area contributed by atoms with Crippen molar-refractivity contribution in [2.24, 2.45) is 0 Å². The number of imidazole rings is 1. The van der Waals surface area contributed by atoms with Crippen LogP contribution in [0.3, 0.4) is 0 Å². The van der Waals surface area contributed by atoms with Crippen molar-refractivity contribution >= 4 is 25.3 Å². The molecule has 2 saturated heterocycles. The Bertz CT molecular complexity index is 1150. The highest BCUT2D eigenvalue weighted by atomic mass is 28.4. The van der Waals surface area contributed by atoms with E-state index >= 15 is 0 Å². The van der Waals surface area contributed by atoms with Crippen molar-refractivity contribution < 1.29 is 18.6 Å². The lowest BCUT2D eigenvalue weighted by Gasteiger charge is -2.50. The fourth-order valence-corrected chi connectivity index (χ4v) is 5.64. The second-order valence-corrected chi connectivity index (χ2v) is 15.3. The Morgan fingerprint density at radius 2 is 1.82 bits per heavy atom. The van der Waals surface area contributed by atoms with E-state index in [1.807, 2.05) is 34.9 Å². The van der Waals surface area contributed by atoms with E-state index in [1.165, 1.54) is 6.33 Å². The molecule has 5 atom stereocenters. The number of hydrogen-bond donors (Lipinski definition) is 1. The van der Waals surface area contributed by atoms with E-state index < -0.39 is 14.6 Å². The first kappa shape index (κ1) is 23.4. The van der Waals surface area contributed by atoms with Gasteiger partial charge in [-0.15, -0.1) is 0 Å². The van der Waals surface area contributed by atoms with Crippen molar-refractivity contribution in [3.05, 3.63) is 48.5 Å². The summed E-state index contributed by atoms with van der Waals surface area (Å²) in [6, 6.07) is 9.79. The van der Waals surface area contributed by atoms with Gasteiger partial charge in [0.1, 0.15) is 24.1 Å². The van der Waals surface area contributed by atoms with E-state index in [9.17, 15) is 0 Å². The van der Waals surface area contributed by atoms with Crippen LogP contribution in [0.15, 0.2) is 43.0 Å². The van der Waals surface area contributed by atoms with Gasteiger partial charge in [-0.2, -0.15) is 0 Å². The van der Waals surface area contributed by atoms with Gasteiger partial charge in [0.25, 0.3) is 0 Å². The highest BCUT2D eigenvalue weighted by molar-refractivity contribution is 6.74. The molecule has 2 aromatic heterocycles. The molecule has 0 amide bonds. The molecule has 0 bridgehead atoms. The molecule has 0 spiro atoms. The summed E-state index contributed by atoms with van der Waals surface area (Å²) in [5.74, 6) is 0.353. The minimum Gasteiger partial charge on any atom is -0.409 e. The van der Waals surface area contributed by atoms with Gasteiger partial charge in [0.2, 0.25) is 0 Å². The molecule has 4 heterocycles. The quantitative estimate of drug-likeness (QED) is 0.558. The van der Waals surface area contributed by atoms with Gasteiger partial charge in [-0.25, -0.2) is 15.0 Å². The summed E-state index contributed by atoms with van der Waals surface area (Å²) in [6.07, 6.45) is 1.92. The standard InChI is InChI=1S/C24H33N5O4Si/c1-24(2,3)34(4,5)33-19-16(29-14-28-18-21(25)26-13-27-22(18)29)11-30-17-12-31-23(32-20(17)19)15-9-7-6-8-10-15/h6-10,13-14,16-17,19-20,23H,11-12H2,1-5H3,(H2,25,26,27)/t16-,17-,19-,20-,23-/m1/s1. The lowest BCUT2D eigenvalue weighted by molar-refractivity contribution is -0.304. The Labute approximate surface area is 200 Å². The maximum Gasteiger partial charge on any atom is 0.192 e. The summed E-state index contributed by atoms with van der Waals surface area (Å²) in [7, 11) is -2.17. The zero-order valence-electron chi connectivity index (χ0n) is 20.3. The van der Waals surface area contributed by atoms with Crippen molar-refractivity contribution in [1.29, 1.82) is 0 Å². The van der Waals surface area contributed by atoms with Crippen LogP contribution in [0.5, 0.6) is 0 Å². The van der Waals surface area contributed by atoms with Gasteiger partial charge in [-0.3, -0.25) is 0 Å². The van der Waals surface area contributed by atoms with Crippen LogP contribution in [0.1, 0.15) is 38.7 Å². The van der Waals surface area contributed by atoms with Crippen LogP contribution in [0.25, 0.3) is 11.2 Å². The number of nitrogens with two attached hydrogens (primary N) is 1. The fourth-order valence-electron chi connectivity index (χ4n) is 4.31. The Morgan fingerprint density at radius 3 is 2.56 bits per heavy atom. The number of ether oxygens (including phenoxy) is 3. The monoisotopic (exact) mass is 483 g/mol. The van der Waals surface area contributed by atoms with Crippen LogP contribution in [0.2, 0.25) is 18.1 Å². The lowest BCUT2D eigenvalue weighted by Crippen LogP contribution is -2.60. The highest BCUT2D eigenvalue weighted by Crippen LogP contribution is 2.43. The second kappa shape index (κ2) is 8.69. The lowest BCUT2D eigenvalue weighted by atomic mass is 9.97. The molecule has 2 N–H and O–H groups in total. The van der Waals surface area contributed by atoms with Crippen molar-refractivity contribution in [3.63, 3.8) is 0 Å². The first-order chi connectivity index (χ1) is 16.2. The van der Waals surface area contributed by atoms with E-state index in [-0.39, 0.29) is 29.4 Å². The van der Waals surface area contributed by atoms with E-state index in [4.69, 9.17) is 24.4 Å². The Balaban J connectivity index is 1.54. The molecule has 2 aliphatic rings. The molecule has 3 aromatic rings. The number of fused-ring (bicyclic) bond motifs is 2. The summed E-state index contributed by atoms with van der Waals surface area (Å²) in [4.78, 5) is 13.0. The van der Waals surface area contributed by atoms with E-state index in [0.29, 0.717) is 30.2 Å². The maximum atomic E-state index is 7.07. The molecular formula is C24H33N5O4Si. The van der Waals surface area contributed by atoms with Crippen LogP contribution in [0, 0.1) is 0 Å². The Kier molecular flexibility index (Phi) is 5.97. The third kappa shape index (κ3) is 4.13. The third-order valence-corrected chi connectivity index (χ3v) is 11.8. The average Bonchev–Trinajstić information content (AvgIpc) is 3.24. The number of benzene rings is 1. The van der Waals surface area contributed by atoms with Crippen LogP contribution in [0.4, 0.5) is 5.82 Å². The molecule has 0 radical (unpaired) electrons. The van der Waals surface area contributed by atoms with Crippen molar-refractivity contribution in [2.45, 2.75) is 69.5 Å². The van der Waals surface area contributed by atoms with Crippen molar-refractivity contribution in [2.75, 3.05) is 18.9 Å². The number of nitrogens with zero attached hydrogens (tertiary/aromatic N) is 4. The molecule has 2 fully saturated rings. The van der Waals surface area contributed by atoms with Gasteiger partial charge in [-0.05, 0) is 18.1 Å². The summed E-state index contributed by atoms with van der Waals surface area (Å²) in [5, 5.41) is 0.0267. The fraction of sp³-hybridized carbons (Fsp3) is 0.542. The van der Waals surface area contributed by atoms with Crippen molar-refractivity contribution in [3.8, 4) is 0 Å². The average molecular weight is 484 g/mol. The van der Waals surface area contributed by atoms with Crippen LogP contribution in [-0.4, -0.2) is 59.4 Å². The summed E-state index contributed by atoms with van der Waals surface area (Å²) < 4.78 is 28.0. The molecular weight excluding hydrogens is 450 g/mol. The maximum absolute atomic E-state index is 7.07. The van der Waals surface area contributed by atoms with Gasteiger partial charge < -0.3 is 28.9 Å². The van der Waals surface area contributed by atoms with E-state index in [2.05, 4.69) is 48.8 Å². The Hall–Kier alpha value is -2.37. The summed E-state index contributed by atoms with van der Waals surface area (Å²) in [5.41, 5.74) is 8.27. The zero-order chi connectivity index (χ0) is 24.1. The van der Waals surface area contributed by atoms with Crippen LogP contribution >= 0.6 is 0 Å². The predicted octanol–water partition coefficient (Wildman–Crippen LogP) is 3.85. The van der Waals surface area contributed by atoms with E-state index in [0.717, 1.165) is 5.56 Å². The van der Waals surface area contributed by atoms with Gasteiger partial charge >= 0.3 is 0 Å². The van der Waals surface area contributed by atoms with Gasteiger partial charge in [0.15, 0.2) is 26.1 Å². The molecule has 0 aliphatic carbocycles. The summed E-state index contributed by atoms with van der Waals surface area (Å²) in [6.45, 7) is 12.1. The topological polar surface area (TPSA) is 107 Å². The first-order valence-corrected chi connectivity index (χ1v) is 14.6. The molecule has 0 saturated carbocycles. The number of hydrogen-bond acceptors (Lipinski definition) is 8. The Morgan fingerprint density at radius 1 is 1.06 bits per heavy atom. The smallest absolute Gasteiger partial charge is 0.192 e. The molecule has 34 heavy (non-hydrogen) atoms. The predicted molar refractivity (Wildman–Crippen MR) is 131 cm³/mol. The minimum absolute atomic E-state index is 0.0267. The van der Waals surface area contributed by atoms with E-state index in [1.54, 1.807) is 6.33 Å². The molecule has 2 aliphatic heterocycles. The van der Waals surface area contributed by atoms with Gasteiger partial charge in [-0.1, -0.05) is 51.1 Å². The van der Waals surface area contributed by atoms with Crippen LogP contribution in [-0.2, 0) is 18.6 Å². The largest absolute Gasteiger partial charge is 0.409 e. The zero-order valence-corrected chi connectivity index (χ0v) is 21.3. The molecule has 1 aromatic carbocycles. The third-order valence-electron chi connectivity index (χ3n) is 7.30. The minimum atomic E-state index is -2.17. The van der Waals surface area contributed by atoms with Gasteiger partial charge in [0.05, 0.1) is 31.7 Å². The molecule has 182 valence electrons. The number of nitrogen functional groups attached to an aromatic ring is 1. The number of aromatic nitrogens is 4. The number of rotatable bonds is 4. The normalized spacial score (nSPS) is 28.1. The highest BCUT2D eigenvalue weighted by Gasteiger charge is 2.51. The number of anilines is 1. The second-order valence-electron chi connectivity index (χ2n) is 10.5. The molecule has 0 unspecified atom stereocenters. The first-order valence-electron chi connectivity index (χ1n) is 11.7. The van der Waals surface area contributed by atoms with Gasteiger partial charge in [0, 0.05) is 5.56 Å². The molecule has 9 nitrogen and oxygen atoms in total. The SMILES string of the molecule is CC(C)(C)[Si](C)(C)O[C@H]1[C@@H]2O[C@H](c3ccccc3)OC[C@H]2OC[C@H]1n1cnc2c(N)ncnc21. The van der Waals surface area contributed by atoms with Crippen LogP contribution < -0.4 is 5.73 Å². The summed E-state index contributed by atoms with van der Waals surface area (Å²) >= 11 is 0. The molecule has 10 heteroatoms.